The smallest absolute Gasteiger partial charge is 0.418 e. The molecule has 1 heterocycles. The number of aryl methyl sites for hydroxylation is 1. The molecule has 0 fully saturated rings. The Bertz CT molecular complexity index is 697. The number of carbonyl (C=O) groups is 1. The maximum Gasteiger partial charge on any atom is 0.418 e. The van der Waals surface area contributed by atoms with Crippen molar-refractivity contribution in [2.24, 2.45) is 0 Å². The molecule has 0 radical (unpaired) electrons. The van der Waals surface area contributed by atoms with Crippen LogP contribution in [0.3, 0.4) is 0 Å². The molecule has 0 aliphatic heterocycles. The first-order chi connectivity index (χ1) is 10.0. The summed E-state index contributed by atoms with van der Waals surface area (Å²) in [5.74, 6) is 0. The predicted molar refractivity (Wildman–Crippen MR) is 91.6 cm³/mol. The van der Waals surface area contributed by atoms with Gasteiger partial charge in [0.25, 0.3) is 0 Å². The highest BCUT2D eigenvalue weighted by Gasteiger charge is 2.22. The van der Waals surface area contributed by atoms with Crippen molar-refractivity contribution in [1.29, 1.82) is 0 Å². The standard InChI is InChI=1S/C19H27NO2/c1-8-13-11-14-9-10-20(17(21)22-19(5,6)7)16(14)12-15(13)18(2,3)4/h9-12H,8H2,1-7H3. The highest BCUT2D eigenvalue weighted by molar-refractivity contribution is 5.90. The number of hydrogen-bond donors (Lipinski definition) is 0. The van der Waals surface area contributed by atoms with Gasteiger partial charge >= 0.3 is 6.09 Å². The van der Waals surface area contributed by atoms with Gasteiger partial charge in [-0.3, -0.25) is 4.57 Å². The van der Waals surface area contributed by atoms with E-state index in [0.29, 0.717) is 0 Å². The molecule has 0 aliphatic carbocycles. The van der Waals surface area contributed by atoms with E-state index in [4.69, 9.17) is 4.74 Å². The molecular formula is C19H27NO2. The molecule has 0 saturated heterocycles. The lowest BCUT2D eigenvalue weighted by molar-refractivity contribution is 0.0544. The summed E-state index contributed by atoms with van der Waals surface area (Å²) >= 11 is 0. The minimum Gasteiger partial charge on any atom is -0.443 e. The van der Waals surface area contributed by atoms with Crippen molar-refractivity contribution in [3.05, 3.63) is 35.5 Å². The number of carbonyl (C=O) groups excluding carboxylic acids is 1. The van der Waals surface area contributed by atoms with Gasteiger partial charge in [0.2, 0.25) is 0 Å². The van der Waals surface area contributed by atoms with Gasteiger partial charge in [0.15, 0.2) is 0 Å². The second kappa shape index (κ2) is 5.45. The number of benzene rings is 1. The van der Waals surface area contributed by atoms with Crippen molar-refractivity contribution in [2.75, 3.05) is 0 Å². The molecule has 2 rings (SSSR count). The molecule has 120 valence electrons. The average Bonchev–Trinajstić information content (AvgIpc) is 2.76. The summed E-state index contributed by atoms with van der Waals surface area (Å²) in [6, 6.07) is 6.31. The van der Waals surface area contributed by atoms with Crippen molar-refractivity contribution >= 4 is 17.0 Å². The van der Waals surface area contributed by atoms with Crippen LogP contribution < -0.4 is 0 Å². The Morgan fingerprint density at radius 3 is 2.27 bits per heavy atom. The van der Waals surface area contributed by atoms with Crippen LogP contribution in [-0.2, 0) is 16.6 Å². The molecule has 22 heavy (non-hydrogen) atoms. The molecule has 0 unspecified atom stereocenters. The van der Waals surface area contributed by atoms with Crippen LogP contribution in [0.25, 0.3) is 10.9 Å². The first-order valence-corrected chi connectivity index (χ1v) is 7.91. The number of hydrogen-bond acceptors (Lipinski definition) is 2. The molecule has 3 nitrogen and oxygen atoms in total. The van der Waals surface area contributed by atoms with E-state index in [2.05, 4.69) is 39.8 Å². The third kappa shape index (κ3) is 3.34. The van der Waals surface area contributed by atoms with Gasteiger partial charge in [0.05, 0.1) is 5.52 Å². The van der Waals surface area contributed by atoms with Gasteiger partial charge < -0.3 is 4.74 Å². The van der Waals surface area contributed by atoms with Crippen molar-refractivity contribution in [2.45, 2.75) is 65.9 Å². The van der Waals surface area contributed by atoms with E-state index in [1.54, 1.807) is 10.8 Å². The van der Waals surface area contributed by atoms with Crippen LogP contribution in [-0.4, -0.2) is 16.3 Å². The summed E-state index contributed by atoms with van der Waals surface area (Å²) < 4.78 is 7.10. The number of nitrogens with zero attached hydrogens (tertiary/aromatic N) is 1. The van der Waals surface area contributed by atoms with Crippen LogP contribution in [0.4, 0.5) is 4.79 Å². The Labute approximate surface area is 133 Å². The monoisotopic (exact) mass is 301 g/mol. The SMILES string of the molecule is CCc1cc2ccn(C(=O)OC(C)(C)C)c2cc1C(C)(C)C. The van der Waals surface area contributed by atoms with E-state index >= 15 is 0 Å². The molecule has 0 amide bonds. The normalized spacial score (nSPS) is 12.7. The van der Waals surface area contributed by atoms with Gasteiger partial charge in [0, 0.05) is 11.6 Å². The van der Waals surface area contributed by atoms with E-state index in [1.165, 1.54) is 11.1 Å². The van der Waals surface area contributed by atoms with Crippen LogP contribution in [0.5, 0.6) is 0 Å². The highest BCUT2D eigenvalue weighted by atomic mass is 16.6. The van der Waals surface area contributed by atoms with Crippen molar-refractivity contribution in [3.8, 4) is 0 Å². The zero-order valence-corrected chi connectivity index (χ0v) is 14.8. The molecule has 0 spiro atoms. The topological polar surface area (TPSA) is 31.2 Å². The number of ether oxygens (including phenoxy) is 1. The van der Waals surface area contributed by atoms with Crippen LogP contribution in [0, 0.1) is 0 Å². The van der Waals surface area contributed by atoms with Crippen LogP contribution >= 0.6 is 0 Å². The molecule has 2 aromatic rings. The number of rotatable bonds is 1. The predicted octanol–water partition coefficient (Wildman–Crippen LogP) is 5.28. The van der Waals surface area contributed by atoms with Crippen LogP contribution in [0.2, 0.25) is 0 Å². The minimum atomic E-state index is -0.496. The summed E-state index contributed by atoms with van der Waals surface area (Å²) in [7, 11) is 0. The van der Waals surface area contributed by atoms with Crippen LogP contribution in [0.15, 0.2) is 24.4 Å². The van der Waals surface area contributed by atoms with E-state index in [-0.39, 0.29) is 11.5 Å². The molecule has 0 saturated carbocycles. The zero-order chi connectivity index (χ0) is 16.7. The van der Waals surface area contributed by atoms with Gasteiger partial charge in [0.1, 0.15) is 5.60 Å². The Hall–Kier alpha value is -1.77. The summed E-state index contributed by atoms with van der Waals surface area (Å²) in [5, 5.41) is 1.08. The second-order valence-corrected chi connectivity index (χ2v) is 7.84. The number of fused-ring (bicyclic) bond motifs is 1. The summed E-state index contributed by atoms with van der Waals surface area (Å²) in [4.78, 5) is 12.4. The third-order valence-corrected chi connectivity index (χ3v) is 3.69. The largest absolute Gasteiger partial charge is 0.443 e. The molecule has 3 heteroatoms. The minimum absolute atomic E-state index is 0.0442. The van der Waals surface area contributed by atoms with Gasteiger partial charge in [-0.1, -0.05) is 27.7 Å². The van der Waals surface area contributed by atoms with Gasteiger partial charge in [-0.25, -0.2) is 4.79 Å². The molecule has 0 bridgehead atoms. The van der Waals surface area contributed by atoms with Crippen molar-refractivity contribution < 1.29 is 9.53 Å². The first kappa shape index (κ1) is 16.6. The molecule has 1 aromatic heterocycles. The molecule has 0 N–H and O–H groups in total. The van der Waals surface area contributed by atoms with Gasteiger partial charge in [-0.05, 0) is 61.9 Å². The summed E-state index contributed by atoms with van der Waals surface area (Å²) in [6.07, 6.45) is 2.46. The highest BCUT2D eigenvalue weighted by Crippen LogP contribution is 2.31. The Kier molecular flexibility index (Phi) is 4.12. The Balaban J connectivity index is 2.58. The molecule has 0 atom stereocenters. The lowest BCUT2D eigenvalue weighted by Gasteiger charge is -2.24. The van der Waals surface area contributed by atoms with E-state index in [1.807, 2.05) is 26.8 Å². The maximum atomic E-state index is 12.4. The summed E-state index contributed by atoms with van der Waals surface area (Å²) in [5.41, 5.74) is 3.08. The molecule has 1 aromatic carbocycles. The van der Waals surface area contributed by atoms with Gasteiger partial charge in [-0.2, -0.15) is 0 Å². The maximum absolute atomic E-state index is 12.4. The summed E-state index contributed by atoms with van der Waals surface area (Å²) in [6.45, 7) is 14.4. The second-order valence-electron chi connectivity index (χ2n) is 7.84. The molecule has 0 aliphatic rings. The van der Waals surface area contributed by atoms with Crippen LogP contribution in [0.1, 0.15) is 59.6 Å². The quantitative estimate of drug-likeness (QED) is 0.717. The number of aromatic nitrogens is 1. The third-order valence-electron chi connectivity index (χ3n) is 3.69. The fourth-order valence-corrected chi connectivity index (χ4v) is 2.69. The lowest BCUT2D eigenvalue weighted by atomic mass is 9.82. The zero-order valence-electron chi connectivity index (χ0n) is 14.8. The fourth-order valence-electron chi connectivity index (χ4n) is 2.69. The van der Waals surface area contributed by atoms with Crippen molar-refractivity contribution in [1.82, 2.24) is 4.57 Å². The van der Waals surface area contributed by atoms with E-state index in [0.717, 1.165) is 17.3 Å². The first-order valence-electron chi connectivity index (χ1n) is 7.91. The van der Waals surface area contributed by atoms with Gasteiger partial charge in [-0.15, -0.1) is 0 Å². The fraction of sp³-hybridized carbons (Fsp3) is 0.526. The Morgan fingerprint density at radius 2 is 1.77 bits per heavy atom. The molecular weight excluding hydrogens is 274 g/mol. The van der Waals surface area contributed by atoms with Crippen molar-refractivity contribution in [3.63, 3.8) is 0 Å². The lowest BCUT2D eigenvalue weighted by Crippen LogP contribution is -2.26. The van der Waals surface area contributed by atoms with E-state index < -0.39 is 5.60 Å². The average molecular weight is 301 g/mol. The van der Waals surface area contributed by atoms with E-state index in [9.17, 15) is 4.79 Å². The Morgan fingerprint density at radius 1 is 1.14 bits per heavy atom.